The van der Waals surface area contributed by atoms with Crippen LogP contribution in [0.5, 0.6) is 0 Å². The standard InChI is InChI=1S/C12H13N3O2/c1-2-15-8-10(7-11(16)17)12(14-15)9-3-5-13-6-4-9/h3-6,8H,2,7H2,1H3,(H,16,17). The summed E-state index contributed by atoms with van der Waals surface area (Å²) in [7, 11) is 0. The Kier molecular flexibility index (Phi) is 3.18. The van der Waals surface area contributed by atoms with Crippen molar-refractivity contribution < 1.29 is 9.90 Å². The quantitative estimate of drug-likeness (QED) is 0.867. The van der Waals surface area contributed by atoms with Gasteiger partial charge in [0.05, 0.1) is 12.1 Å². The van der Waals surface area contributed by atoms with E-state index in [4.69, 9.17) is 5.11 Å². The summed E-state index contributed by atoms with van der Waals surface area (Å²) in [4.78, 5) is 14.7. The van der Waals surface area contributed by atoms with E-state index in [1.54, 1.807) is 23.3 Å². The highest BCUT2D eigenvalue weighted by atomic mass is 16.4. The average Bonchev–Trinajstić information content (AvgIpc) is 2.72. The van der Waals surface area contributed by atoms with Crippen molar-refractivity contribution in [2.45, 2.75) is 19.9 Å². The molecule has 88 valence electrons. The molecule has 0 atom stereocenters. The zero-order valence-electron chi connectivity index (χ0n) is 9.50. The minimum absolute atomic E-state index is 0.0162. The van der Waals surface area contributed by atoms with E-state index in [2.05, 4.69) is 10.1 Å². The van der Waals surface area contributed by atoms with Crippen LogP contribution in [0.25, 0.3) is 11.3 Å². The molecule has 0 saturated carbocycles. The van der Waals surface area contributed by atoms with Gasteiger partial charge >= 0.3 is 5.97 Å². The van der Waals surface area contributed by atoms with Crippen LogP contribution in [0.4, 0.5) is 0 Å². The Morgan fingerprint density at radius 3 is 2.71 bits per heavy atom. The van der Waals surface area contributed by atoms with Crippen LogP contribution in [0.3, 0.4) is 0 Å². The number of carbonyl (C=O) groups is 1. The highest BCUT2D eigenvalue weighted by Gasteiger charge is 2.13. The summed E-state index contributed by atoms with van der Waals surface area (Å²) in [5, 5.41) is 13.2. The highest BCUT2D eigenvalue weighted by Crippen LogP contribution is 2.21. The number of hydrogen-bond acceptors (Lipinski definition) is 3. The van der Waals surface area contributed by atoms with E-state index in [0.717, 1.165) is 23.4 Å². The molecule has 5 nitrogen and oxygen atoms in total. The molecule has 5 heteroatoms. The Morgan fingerprint density at radius 2 is 2.12 bits per heavy atom. The highest BCUT2D eigenvalue weighted by molar-refractivity contribution is 5.74. The second-order valence-corrected chi connectivity index (χ2v) is 3.67. The molecule has 0 spiro atoms. The van der Waals surface area contributed by atoms with E-state index in [0.29, 0.717) is 0 Å². The molecule has 0 fully saturated rings. The molecule has 17 heavy (non-hydrogen) atoms. The molecule has 2 heterocycles. The third kappa shape index (κ3) is 2.50. The summed E-state index contributed by atoms with van der Waals surface area (Å²) in [6, 6.07) is 3.65. The smallest absolute Gasteiger partial charge is 0.307 e. The van der Waals surface area contributed by atoms with Gasteiger partial charge in [-0.2, -0.15) is 5.10 Å². The summed E-state index contributed by atoms with van der Waals surface area (Å²) in [5.41, 5.74) is 2.34. The number of carboxylic acid groups (broad SMARTS) is 1. The monoisotopic (exact) mass is 231 g/mol. The number of carboxylic acids is 1. The lowest BCUT2D eigenvalue weighted by molar-refractivity contribution is -0.136. The van der Waals surface area contributed by atoms with Crippen molar-refractivity contribution in [3.8, 4) is 11.3 Å². The van der Waals surface area contributed by atoms with E-state index < -0.39 is 5.97 Å². The zero-order valence-corrected chi connectivity index (χ0v) is 9.50. The normalized spacial score (nSPS) is 10.4. The van der Waals surface area contributed by atoms with Crippen LogP contribution < -0.4 is 0 Å². The average molecular weight is 231 g/mol. The minimum Gasteiger partial charge on any atom is -0.481 e. The SMILES string of the molecule is CCn1cc(CC(=O)O)c(-c2ccncc2)n1. The summed E-state index contributed by atoms with van der Waals surface area (Å²) >= 11 is 0. The Hall–Kier alpha value is -2.17. The van der Waals surface area contributed by atoms with Gasteiger partial charge in [-0.05, 0) is 19.1 Å². The maximum absolute atomic E-state index is 10.8. The Balaban J connectivity index is 2.44. The molecule has 0 saturated heterocycles. The van der Waals surface area contributed by atoms with Crippen LogP contribution in [0, 0.1) is 0 Å². The van der Waals surface area contributed by atoms with E-state index in [1.807, 2.05) is 19.1 Å². The molecule has 0 aromatic carbocycles. The summed E-state index contributed by atoms with van der Waals surface area (Å²) in [6.45, 7) is 2.69. The van der Waals surface area contributed by atoms with E-state index in [1.165, 1.54) is 0 Å². The third-order valence-electron chi connectivity index (χ3n) is 2.46. The van der Waals surface area contributed by atoms with Crippen LogP contribution in [0.15, 0.2) is 30.7 Å². The molecule has 0 aliphatic rings. The first-order chi connectivity index (χ1) is 8.20. The largest absolute Gasteiger partial charge is 0.481 e. The van der Waals surface area contributed by atoms with Crippen LogP contribution in [-0.4, -0.2) is 25.8 Å². The second kappa shape index (κ2) is 4.78. The van der Waals surface area contributed by atoms with Gasteiger partial charge in [0.25, 0.3) is 0 Å². The van der Waals surface area contributed by atoms with Crippen molar-refractivity contribution in [3.05, 3.63) is 36.3 Å². The van der Waals surface area contributed by atoms with Crippen LogP contribution in [0.1, 0.15) is 12.5 Å². The Labute approximate surface area is 98.7 Å². The van der Waals surface area contributed by atoms with E-state index >= 15 is 0 Å². The number of pyridine rings is 1. The van der Waals surface area contributed by atoms with Crippen molar-refractivity contribution in [3.63, 3.8) is 0 Å². The Bertz CT molecular complexity index is 520. The van der Waals surface area contributed by atoms with E-state index in [9.17, 15) is 4.79 Å². The van der Waals surface area contributed by atoms with Crippen LogP contribution in [-0.2, 0) is 17.8 Å². The molecular weight excluding hydrogens is 218 g/mol. The lowest BCUT2D eigenvalue weighted by Crippen LogP contribution is -2.00. The molecular formula is C12H13N3O2. The molecule has 2 rings (SSSR count). The molecule has 2 aromatic rings. The van der Waals surface area contributed by atoms with Gasteiger partial charge in [0.1, 0.15) is 0 Å². The summed E-state index contributed by atoms with van der Waals surface area (Å²) in [5.74, 6) is -0.851. The van der Waals surface area contributed by atoms with Crippen molar-refractivity contribution in [1.29, 1.82) is 0 Å². The Morgan fingerprint density at radius 1 is 1.41 bits per heavy atom. The first kappa shape index (κ1) is 11.3. The number of aryl methyl sites for hydroxylation is 1. The van der Waals surface area contributed by atoms with Gasteiger partial charge in [0.15, 0.2) is 0 Å². The predicted octanol–water partition coefficient (Wildman–Crippen LogP) is 1.59. The molecule has 1 N–H and O–H groups in total. The van der Waals surface area contributed by atoms with Gasteiger partial charge in [-0.25, -0.2) is 0 Å². The molecule has 0 bridgehead atoms. The zero-order chi connectivity index (χ0) is 12.3. The van der Waals surface area contributed by atoms with Crippen LogP contribution >= 0.6 is 0 Å². The third-order valence-corrected chi connectivity index (χ3v) is 2.46. The molecule has 0 aliphatic carbocycles. The lowest BCUT2D eigenvalue weighted by atomic mass is 10.1. The van der Waals surface area contributed by atoms with Gasteiger partial charge in [-0.3, -0.25) is 14.5 Å². The van der Waals surface area contributed by atoms with Gasteiger partial charge in [0, 0.05) is 36.3 Å². The maximum atomic E-state index is 10.8. The molecule has 0 aliphatic heterocycles. The van der Waals surface area contributed by atoms with Gasteiger partial charge in [-0.15, -0.1) is 0 Å². The van der Waals surface area contributed by atoms with E-state index in [-0.39, 0.29) is 6.42 Å². The van der Waals surface area contributed by atoms with Crippen molar-refractivity contribution in [1.82, 2.24) is 14.8 Å². The molecule has 2 aromatic heterocycles. The lowest BCUT2D eigenvalue weighted by Gasteiger charge is -1.98. The number of nitrogens with zero attached hydrogens (tertiary/aromatic N) is 3. The van der Waals surface area contributed by atoms with Crippen molar-refractivity contribution in [2.24, 2.45) is 0 Å². The topological polar surface area (TPSA) is 68.0 Å². The first-order valence-corrected chi connectivity index (χ1v) is 5.39. The second-order valence-electron chi connectivity index (χ2n) is 3.67. The number of hydrogen-bond donors (Lipinski definition) is 1. The van der Waals surface area contributed by atoms with Crippen molar-refractivity contribution >= 4 is 5.97 Å². The maximum Gasteiger partial charge on any atom is 0.307 e. The van der Waals surface area contributed by atoms with Crippen LogP contribution in [0.2, 0.25) is 0 Å². The fourth-order valence-corrected chi connectivity index (χ4v) is 1.67. The fourth-order valence-electron chi connectivity index (χ4n) is 1.67. The molecule has 0 unspecified atom stereocenters. The minimum atomic E-state index is -0.851. The summed E-state index contributed by atoms with van der Waals surface area (Å²) < 4.78 is 1.74. The van der Waals surface area contributed by atoms with Crippen molar-refractivity contribution in [2.75, 3.05) is 0 Å². The number of rotatable bonds is 4. The fraction of sp³-hybridized carbons (Fsp3) is 0.250. The number of aromatic nitrogens is 3. The number of aliphatic carboxylic acids is 1. The molecule has 0 amide bonds. The summed E-state index contributed by atoms with van der Waals surface area (Å²) in [6.07, 6.45) is 5.11. The van der Waals surface area contributed by atoms with Gasteiger partial charge < -0.3 is 5.11 Å². The predicted molar refractivity (Wildman–Crippen MR) is 62.5 cm³/mol. The van der Waals surface area contributed by atoms with Gasteiger partial charge in [0.2, 0.25) is 0 Å². The van der Waals surface area contributed by atoms with Gasteiger partial charge in [-0.1, -0.05) is 0 Å². The molecule has 0 radical (unpaired) electrons. The first-order valence-electron chi connectivity index (χ1n) is 5.39.